The van der Waals surface area contributed by atoms with E-state index in [1.165, 1.54) is 0 Å². The highest BCUT2D eigenvalue weighted by atomic mass is 16.6. The third kappa shape index (κ3) is 6.27. The van der Waals surface area contributed by atoms with E-state index in [0.29, 0.717) is 22.6 Å². The number of hydrogen-bond donors (Lipinski definition) is 1. The minimum absolute atomic E-state index is 0.0952. The van der Waals surface area contributed by atoms with Crippen LogP contribution >= 0.6 is 0 Å². The van der Waals surface area contributed by atoms with Crippen LogP contribution < -0.4 is 10.1 Å². The minimum atomic E-state index is -0.664. The summed E-state index contributed by atoms with van der Waals surface area (Å²) in [5.41, 5.74) is 2.82. The van der Waals surface area contributed by atoms with Gasteiger partial charge in [-0.2, -0.15) is 0 Å². The second-order valence-electron chi connectivity index (χ2n) is 6.73. The normalized spacial score (nSPS) is 10.2. The van der Waals surface area contributed by atoms with Crippen LogP contribution in [0, 0.1) is 0 Å². The van der Waals surface area contributed by atoms with E-state index in [-0.39, 0.29) is 12.4 Å². The molecule has 6 heteroatoms. The van der Waals surface area contributed by atoms with Crippen molar-refractivity contribution in [3.05, 3.63) is 95.6 Å². The molecule has 0 aromatic heterocycles. The number of carbonyl (C=O) groups is 3. The first-order valence-electron chi connectivity index (χ1n) is 9.93. The SMILES string of the molecule is CCc1ccccc1NC(=O)COC(=O)COc1ccc(C(=O)c2ccccc2)cc1. The van der Waals surface area contributed by atoms with Gasteiger partial charge in [0, 0.05) is 16.8 Å². The van der Waals surface area contributed by atoms with Crippen LogP contribution in [0.5, 0.6) is 5.75 Å². The van der Waals surface area contributed by atoms with Crippen molar-refractivity contribution < 1.29 is 23.9 Å². The number of ether oxygens (including phenoxy) is 2. The zero-order valence-electron chi connectivity index (χ0n) is 17.2. The molecule has 0 saturated heterocycles. The summed E-state index contributed by atoms with van der Waals surface area (Å²) in [6.45, 7) is 1.25. The quantitative estimate of drug-likeness (QED) is 0.420. The molecule has 158 valence electrons. The number of hydrogen-bond acceptors (Lipinski definition) is 5. The maximum absolute atomic E-state index is 12.4. The van der Waals surface area contributed by atoms with E-state index in [1.54, 1.807) is 54.6 Å². The van der Waals surface area contributed by atoms with E-state index in [0.717, 1.165) is 12.0 Å². The van der Waals surface area contributed by atoms with E-state index >= 15 is 0 Å². The molecule has 0 saturated carbocycles. The lowest BCUT2D eigenvalue weighted by atomic mass is 10.0. The van der Waals surface area contributed by atoms with Gasteiger partial charge in [0.1, 0.15) is 5.75 Å². The molecule has 0 spiro atoms. The summed E-state index contributed by atoms with van der Waals surface area (Å²) in [5.74, 6) is -0.758. The van der Waals surface area contributed by atoms with Crippen LogP contribution in [0.1, 0.15) is 28.4 Å². The minimum Gasteiger partial charge on any atom is -0.482 e. The van der Waals surface area contributed by atoms with Crippen LogP contribution in [0.15, 0.2) is 78.9 Å². The number of esters is 1. The largest absolute Gasteiger partial charge is 0.482 e. The number of anilines is 1. The average molecular weight is 417 g/mol. The first-order valence-corrected chi connectivity index (χ1v) is 9.93. The average Bonchev–Trinajstić information content (AvgIpc) is 2.82. The fourth-order valence-electron chi connectivity index (χ4n) is 2.93. The Morgan fingerprint density at radius 1 is 0.774 bits per heavy atom. The Hall–Kier alpha value is -3.93. The van der Waals surface area contributed by atoms with Crippen molar-refractivity contribution in [3.8, 4) is 5.75 Å². The zero-order valence-corrected chi connectivity index (χ0v) is 17.2. The van der Waals surface area contributed by atoms with E-state index < -0.39 is 18.5 Å². The molecular formula is C25H23NO5. The van der Waals surface area contributed by atoms with E-state index in [2.05, 4.69) is 5.32 Å². The third-order valence-corrected chi connectivity index (χ3v) is 4.55. The predicted molar refractivity (Wildman–Crippen MR) is 117 cm³/mol. The van der Waals surface area contributed by atoms with Gasteiger partial charge in [0.05, 0.1) is 0 Å². The molecule has 31 heavy (non-hydrogen) atoms. The monoisotopic (exact) mass is 417 g/mol. The molecule has 6 nitrogen and oxygen atoms in total. The van der Waals surface area contributed by atoms with Gasteiger partial charge in [0.25, 0.3) is 5.91 Å². The summed E-state index contributed by atoms with van der Waals surface area (Å²) in [4.78, 5) is 36.3. The lowest BCUT2D eigenvalue weighted by Gasteiger charge is -2.10. The molecular weight excluding hydrogens is 394 g/mol. The topological polar surface area (TPSA) is 81.7 Å². The molecule has 0 aliphatic heterocycles. The Morgan fingerprint density at radius 3 is 2.13 bits per heavy atom. The summed E-state index contributed by atoms with van der Waals surface area (Å²) in [6.07, 6.45) is 0.778. The van der Waals surface area contributed by atoms with E-state index in [1.807, 2.05) is 31.2 Å². The van der Waals surface area contributed by atoms with Crippen LogP contribution in [0.25, 0.3) is 0 Å². The molecule has 3 aromatic rings. The molecule has 0 radical (unpaired) electrons. The Balaban J connectivity index is 1.44. The Labute approximate surface area is 180 Å². The van der Waals surface area contributed by atoms with Gasteiger partial charge in [-0.15, -0.1) is 0 Å². The molecule has 0 fully saturated rings. The van der Waals surface area contributed by atoms with Crippen molar-refractivity contribution in [3.63, 3.8) is 0 Å². The molecule has 0 unspecified atom stereocenters. The second-order valence-corrected chi connectivity index (χ2v) is 6.73. The van der Waals surface area contributed by atoms with Gasteiger partial charge < -0.3 is 14.8 Å². The smallest absolute Gasteiger partial charge is 0.344 e. The molecule has 1 amide bonds. The highest BCUT2D eigenvalue weighted by molar-refractivity contribution is 6.09. The lowest BCUT2D eigenvalue weighted by Crippen LogP contribution is -2.24. The standard InChI is InChI=1S/C25H23NO5/c1-2-18-8-6-7-11-22(18)26-23(27)16-31-24(28)17-30-21-14-12-20(13-15-21)25(29)19-9-4-3-5-10-19/h3-15H,2,16-17H2,1H3,(H,26,27). The van der Waals surface area contributed by atoms with Crippen LogP contribution in [-0.4, -0.2) is 30.9 Å². The van der Waals surface area contributed by atoms with Crippen LogP contribution in [0.4, 0.5) is 5.69 Å². The van der Waals surface area contributed by atoms with Gasteiger partial charge in [-0.1, -0.05) is 55.5 Å². The fraction of sp³-hybridized carbons (Fsp3) is 0.160. The zero-order chi connectivity index (χ0) is 22.1. The highest BCUT2D eigenvalue weighted by Crippen LogP contribution is 2.16. The van der Waals surface area contributed by atoms with Gasteiger partial charge >= 0.3 is 5.97 Å². The molecule has 0 aliphatic rings. The summed E-state index contributed by atoms with van der Waals surface area (Å²) in [6, 6.07) is 22.9. The maximum Gasteiger partial charge on any atom is 0.344 e. The fourth-order valence-corrected chi connectivity index (χ4v) is 2.93. The summed E-state index contributed by atoms with van der Waals surface area (Å²) < 4.78 is 10.3. The van der Waals surface area contributed by atoms with Crippen molar-refractivity contribution in [2.45, 2.75) is 13.3 Å². The van der Waals surface area contributed by atoms with Gasteiger partial charge in [-0.3, -0.25) is 9.59 Å². The number of nitrogens with one attached hydrogen (secondary N) is 1. The number of ketones is 1. The third-order valence-electron chi connectivity index (χ3n) is 4.55. The molecule has 3 aromatic carbocycles. The molecule has 0 bridgehead atoms. The maximum atomic E-state index is 12.4. The molecule has 0 aliphatic carbocycles. The number of aryl methyl sites for hydroxylation is 1. The first kappa shape index (κ1) is 21.8. The lowest BCUT2D eigenvalue weighted by molar-refractivity contribution is -0.149. The number of carbonyl (C=O) groups excluding carboxylic acids is 3. The van der Waals surface area contributed by atoms with E-state index in [4.69, 9.17) is 9.47 Å². The number of amides is 1. The number of para-hydroxylation sites is 1. The number of benzene rings is 3. The molecule has 0 atom stereocenters. The molecule has 1 N–H and O–H groups in total. The van der Waals surface area contributed by atoms with Crippen molar-refractivity contribution in [2.24, 2.45) is 0 Å². The van der Waals surface area contributed by atoms with Crippen molar-refractivity contribution in [1.82, 2.24) is 0 Å². The summed E-state index contributed by atoms with van der Waals surface area (Å²) in [7, 11) is 0. The molecule has 3 rings (SSSR count). The van der Waals surface area contributed by atoms with Crippen LogP contribution in [-0.2, 0) is 20.7 Å². The van der Waals surface area contributed by atoms with Crippen molar-refractivity contribution in [1.29, 1.82) is 0 Å². The predicted octanol–water partition coefficient (Wildman–Crippen LogP) is 4.04. The summed E-state index contributed by atoms with van der Waals surface area (Å²) in [5, 5.41) is 2.73. The Kier molecular flexibility index (Phi) is 7.54. The van der Waals surface area contributed by atoms with Gasteiger partial charge in [0.15, 0.2) is 19.0 Å². The van der Waals surface area contributed by atoms with Crippen LogP contribution in [0.3, 0.4) is 0 Å². The summed E-state index contributed by atoms with van der Waals surface area (Å²) >= 11 is 0. The Morgan fingerprint density at radius 2 is 1.42 bits per heavy atom. The first-order chi connectivity index (χ1) is 15.1. The number of rotatable bonds is 9. The van der Waals surface area contributed by atoms with Crippen molar-refractivity contribution >= 4 is 23.3 Å². The highest BCUT2D eigenvalue weighted by Gasteiger charge is 2.11. The van der Waals surface area contributed by atoms with E-state index in [9.17, 15) is 14.4 Å². The van der Waals surface area contributed by atoms with Crippen molar-refractivity contribution in [2.75, 3.05) is 18.5 Å². The van der Waals surface area contributed by atoms with Gasteiger partial charge in [-0.25, -0.2) is 4.79 Å². The van der Waals surface area contributed by atoms with Gasteiger partial charge in [-0.05, 0) is 42.3 Å². The van der Waals surface area contributed by atoms with Gasteiger partial charge in [0.2, 0.25) is 0 Å². The Bertz CT molecular complexity index is 1050. The second kappa shape index (κ2) is 10.7. The van der Waals surface area contributed by atoms with Crippen LogP contribution in [0.2, 0.25) is 0 Å². The molecule has 0 heterocycles.